The van der Waals surface area contributed by atoms with Crippen LogP contribution in [0.5, 0.6) is 0 Å². The minimum absolute atomic E-state index is 0.447. The molecule has 0 spiro atoms. The maximum atomic E-state index is 5.71. The third kappa shape index (κ3) is 2.99. The number of rotatable bonds is 3. The molecule has 0 fully saturated rings. The second-order valence-corrected chi connectivity index (χ2v) is 5.71. The maximum absolute atomic E-state index is 5.71. The van der Waals surface area contributed by atoms with Gasteiger partial charge in [0.15, 0.2) is 0 Å². The van der Waals surface area contributed by atoms with Crippen molar-refractivity contribution in [3.63, 3.8) is 0 Å². The lowest BCUT2D eigenvalue weighted by atomic mass is 10.1. The van der Waals surface area contributed by atoms with E-state index < -0.39 is 0 Å². The number of hydrogen-bond donors (Lipinski definition) is 1. The van der Waals surface area contributed by atoms with Gasteiger partial charge in [0, 0.05) is 24.0 Å². The van der Waals surface area contributed by atoms with E-state index >= 15 is 0 Å². The van der Waals surface area contributed by atoms with Crippen molar-refractivity contribution in [1.29, 1.82) is 0 Å². The Morgan fingerprint density at radius 1 is 0.950 bits per heavy atom. The number of hydrogen-bond acceptors (Lipinski definition) is 2. The van der Waals surface area contributed by atoms with Gasteiger partial charge in [-0.05, 0) is 67.8 Å². The highest BCUT2D eigenvalue weighted by Gasteiger charge is 2.08. The first-order valence-corrected chi connectivity index (χ1v) is 7.02. The molecule has 0 amide bonds. The van der Waals surface area contributed by atoms with Crippen LogP contribution in [-0.4, -0.2) is 12.0 Å². The molecule has 0 saturated heterocycles. The third-order valence-corrected chi connectivity index (χ3v) is 3.68. The number of nitrogens with zero attached hydrogens (tertiary/aromatic N) is 1. The molecule has 2 nitrogen and oxygen atoms in total. The van der Waals surface area contributed by atoms with Crippen LogP contribution in [0.3, 0.4) is 0 Å². The van der Waals surface area contributed by atoms with Gasteiger partial charge in [-0.25, -0.2) is 0 Å². The Morgan fingerprint density at radius 2 is 1.55 bits per heavy atom. The minimum atomic E-state index is 0.447. The van der Waals surface area contributed by atoms with Gasteiger partial charge >= 0.3 is 0 Å². The van der Waals surface area contributed by atoms with Gasteiger partial charge in [0.2, 0.25) is 0 Å². The van der Waals surface area contributed by atoms with Gasteiger partial charge in [-0.1, -0.05) is 18.3 Å². The molecule has 20 heavy (non-hydrogen) atoms. The number of nitrogens with two attached hydrogens (primary N) is 1. The Kier molecular flexibility index (Phi) is 4.09. The monoisotopic (exact) mass is 284 g/mol. The van der Waals surface area contributed by atoms with Crippen LogP contribution in [0.15, 0.2) is 36.4 Å². The molecule has 0 aliphatic rings. The van der Waals surface area contributed by atoms with Gasteiger partial charge in [-0.3, -0.25) is 0 Å². The van der Waals surface area contributed by atoms with Gasteiger partial charge in [0.1, 0.15) is 4.99 Å². The molecular formula is C17H20N2S. The summed E-state index contributed by atoms with van der Waals surface area (Å²) in [6.45, 7) is 6.27. The molecule has 2 N–H and O–H groups in total. The SMILES string of the molecule is Cc1cc(C)cc(N(C)c2ccc(C(N)=S)c(C)c2)c1. The van der Waals surface area contributed by atoms with E-state index in [1.807, 2.05) is 13.0 Å². The smallest absolute Gasteiger partial charge is 0.104 e. The Labute approximate surface area is 126 Å². The zero-order chi connectivity index (χ0) is 14.9. The van der Waals surface area contributed by atoms with E-state index in [2.05, 4.69) is 56.1 Å². The molecule has 0 atom stereocenters. The molecule has 3 heteroatoms. The molecule has 0 aliphatic carbocycles. The zero-order valence-corrected chi connectivity index (χ0v) is 13.2. The molecule has 2 aromatic carbocycles. The highest BCUT2D eigenvalue weighted by molar-refractivity contribution is 7.80. The summed E-state index contributed by atoms with van der Waals surface area (Å²) in [6.07, 6.45) is 0. The standard InChI is InChI=1S/C17H20N2S/c1-11-7-12(2)9-15(8-11)19(4)14-5-6-16(17(18)20)13(3)10-14/h5-10H,1-4H3,(H2,18,20). The van der Waals surface area contributed by atoms with Crippen molar-refractivity contribution >= 4 is 28.6 Å². The average molecular weight is 284 g/mol. The molecule has 0 radical (unpaired) electrons. The third-order valence-electron chi connectivity index (χ3n) is 3.46. The van der Waals surface area contributed by atoms with Crippen molar-refractivity contribution in [2.24, 2.45) is 5.73 Å². The second-order valence-electron chi connectivity index (χ2n) is 5.27. The summed E-state index contributed by atoms with van der Waals surface area (Å²) in [5.74, 6) is 0. The summed E-state index contributed by atoms with van der Waals surface area (Å²) < 4.78 is 0. The van der Waals surface area contributed by atoms with E-state index in [-0.39, 0.29) is 0 Å². The van der Waals surface area contributed by atoms with E-state index in [9.17, 15) is 0 Å². The topological polar surface area (TPSA) is 29.3 Å². The molecule has 0 aliphatic heterocycles. The van der Waals surface area contributed by atoms with Crippen LogP contribution in [0, 0.1) is 20.8 Å². The molecule has 0 aromatic heterocycles. The van der Waals surface area contributed by atoms with Crippen molar-refractivity contribution in [2.45, 2.75) is 20.8 Å². The van der Waals surface area contributed by atoms with Gasteiger partial charge in [0.05, 0.1) is 0 Å². The van der Waals surface area contributed by atoms with Crippen LogP contribution in [0.4, 0.5) is 11.4 Å². The van der Waals surface area contributed by atoms with E-state index in [4.69, 9.17) is 18.0 Å². The molecule has 104 valence electrons. The largest absolute Gasteiger partial charge is 0.389 e. The lowest BCUT2D eigenvalue weighted by Crippen LogP contribution is -2.13. The number of thiocarbonyl (C=S) groups is 1. The first-order chi connectivity index (χ1) is 9.38. The molecule has 0 saturated carbocycles. The lowest BCUT2D eigenvalue weighted by Gasteiger charge is -2.22. The summed E-state index contributed by atoms with van der Waals surface area (Å²) in [5, 5.41) is 0. The first kappa shape index (κ1) is 14.5. The van der Waals surface area contributed by atoms with E-state index in [1.54, 1.807) is 0 Å². The second kappa shape index (κ2) is 5.63. The molecular weight excluding hydrogens is 264 g/mol. The Balaban J connectivity index is 2.40. The van der Waals surface area contributed by atoms with Gasteiger partial charge in [0.25, 0.3) is 0 Å². The molecule has 2 aromatic rings. The average Bonchev–Trinajstić information content (AvgIpc) is 2.36. The first-order valence-electron chi connectivity index (χ1n) is 6.61. The highest BCUT2D eigenvalue weighted by Crippen LogP contribution is 2.27. The van der Waals surface area contributed by atoms with E-state index in [0.717, 1.165) is 16.8 Å². The summed E-state index contributed by atoms with van der Waals surface area (Å²) >= 11 is 5.05. The van der Waals surface area contributed by atoms with Crippen LogP contribution < -0.4 is 10.6 Å². The van der Waals surface area contributed by atoms with Crippen LogP contribution in [-0.2, 0) is 0 Å². The van der Waals surface area contributed by atoms with Gasteiger partial charge in [-0.15, -0.1) is 0 Å². The van der Waals surface area contributed by atoms with Gasteiger partial charge in [-0.2, -0.15) is 0 Å². The minimum Gasteiger partial charge on any atom is -0.389 e. The predicted octanol–water partition coefficient (Wildman–Crippen LogP) is 4.01. The van der Waals surface area contributed by atoms with Crippen molar-refractivity contribution in [1.82, 2.24) is 0 Å². The Hall–Kier alpha value is -1.87. The van der Waals surface area contributed by atoms with Gasteiger partial charge < -0.3 is 10.6 Å². The van der Waals surface area contributed by atoms with Crippen molar-refractivity contribution < 1.29 is 0 Å². The van der Waals surface area contributed by atoms with Crippen LogP contribution in [0.25, 0.3) is 0 Å². The normalized spacial score (nSPS) is 10.4. The Morgan fingerprint density at radius 3 is 2.05 bits per heavy atom. The number of aryl methyl sites for hydroxylation is 3. The van der Waals surface area contributed by atoms with Crippen LogP contribution in [0.1, 0.15) is 22.3 Å². The fraction of sp³-hybridized carbons (Fsp3) is 0.235. The molecule has 0 bridgehead atoms. The van der Waals surface area contributed by atoms with Crippen LogP contribution in [0.2, 0.25) is 0 Å². The predicted molar refractivity (Wildman–Crippen MR) is 91.0 cm³/mol. The fourth-order valence-electron chi connectivity index (χ4n) is 2.43. The van der Waals surface area contributed by atoms with E-state index in [1.165, 1.54) is 16.8 Å². The summed E-state index contributed by atoms with van der Waals surface area (Å²) in [5.41, 5.74) is 12.6. The number of benzene rings is 2. The number of anilines is 2. The van der Waals surface area contributed by atoms with Crippen LogP contribution >= 0.6 is 12.2 Å². The summed E-state index contributed by atoms with van der Waals surface area (Å²) in [6, 6.07) is 12.7. The van der Waals surface area contributed by atoms with Crippen molar-refractivity contribution in [3.05, 3.63) is 58.7 Å². The Bertz CT molecular complexity index is 642. The van der Waals surface area contributed by atoms with Crippen molar-refractivity contribution in [3.8, 4) is 0 Å². The summed E-state index contributed by atoms with van der Waals surface area (Å²) in [4.78, 5) is 2.62. The van der Waals surface area contributed by atoms with E-state index in [0.29, 0.717) is 4.99 Å². The quantitative estimate of drug-likeness (QED) is 0.863. The summed E-state index contributed by atoms with van der Waals surface area (Å²) in [7, 11) is 2.07. The maximum Gasteiger partial charge on any atom is 0.104 e. The molecule has 2 rings (SSSR count). The highest BCUT2D eigenvalue weighted by atomic mass is 32.1. The van der Waals surface area contributed by atoms with Crippen molar-refractivity contribution in [2.75, 3.05) is 11.9 Å². The zero-order valence-electron chi connectivity index (χ0n) is 12.4. The molecule has 0 heterocycles. The molecule has 0 unspecified atom stereocenters. The lowest BCUT2D eigenvalue weighted by molar-refractivity contribution is 1.18. The fourth-order valence-corrected chi connectivity index (χ4v) is 2.66.